The summed E-state index contributed by atoms with van der Waals surface area (Å²) >= 11 is 0. The van der Waals surface area contributed by atoms with Crippen molar-refractivity contribution in [2.75, 3.05) is 6.54 Å². The zero-order valence-electron chi connectivity index (χ0n) is 10.9. The average Bonchev–Trinajstić information content (AvgIpc) is 2.80. The number of hydrogen-bond acceptors (Lipinski definition) is 2. The lowest BCUT2D eigenvalue weighted by molar-refractivity contribution is -0.160. The van der Waals surface area contributed by atoms with Crippen LogP contribution in [0, 0.1) is 5.92 Å². The Morgan fingerprint density at radius 3 is 2.40 bits per heavy atom. The van der Waals surface area contributed by atoms with Crippen molar-refractivity contribution in [3.05, 3.63) is 35.9 Å². The second-order valence-corrected chi connectivity index (χ2v) is 4.91. The summed E-state index contributed by atoms with van der Waals surface area (Å²) in [5.41, 5.74) is -0.379. The lowest BCUT2D eigenvalue weighted by Crippen LogP contribution is -2.45. The molecule has 1 aromatic rings. The van der Waals surface area contributed by atoms with Crippen LogP contribution in [0.3, 0.4) is 0 Å². The monoisotopic (exact) mass is 283 g/mol. The minimum atomic E-state index is -3.64. The number of halogens is 2. The summed E-state index contributed by atoms with van der Waals surface area (Å²) in [4.78, 5) is 24.0. The first kappa shape index (κ1) is 14.4. The van der Waals surface area contributed by atoms with Crippen molar-refractivity contribution in [2.24, 2.45) is 5.92 Å². The first-order valence-corrected chi connectivity index (χ1v) is 6.33. The van der Waals surface area contributed by atoms with Crippen molar-refractivity contribution < 1.29 is 23.5 Å². The van der Waals surface area contributed by atoms with Gasteiger partial charge in [0.25, 0.3) is 5.91 Å². The number of benzene rings is 1. The van der Waals surface area contributed by atoms with Crippen molar-refractivity contribution in [1.29, 1.82) is 0 Å². The van der Waals surface area contributed by atoms with E-state index >= 15 is 0 Å². The van der Waals surface area contributed by atoms with Crippen molar-refractivity contribution in [2.45, 2.75) is 25.3 Å². The molecule has 1 saturated heterocycles. The molecule has 2 unspecified atom stereocenters. The zero-order chi connectivity index (χ0) is 14.9. The summed E-state index contributed by atoms with van der Waals surface area (Å²) in [6, 6.07) is 6.10. The number of carboxylic acids is 1. The highest BCUT2D eigenvalue weighted by Crippen LogP contribution is 2.34. The van der Waals surface area contributed by atoms with Gasteiger partial charge in [0.2, 0.25) is 0 Å². The number of likely N-dealkylation sites (tertiary alicyclic amines) is 1. The first-order valence-electron chi connectivity index (χ1n) is 6.33. The fourth-order valence-corrected chi connectivity index (χ4v) is 2.51. The summed E-state index contributed by atoms with van der Waals surface area (Å²) < 4.78 is 28.3. The van der Waals surface area contributed by atoms with E-state index in [1.807, 2.05) is 0 Å². The van der Waals surface area contributed by atoms with Gasteiger partial charge in [0.1, 0.15) is 0 Å². The van der Waals surface area contributed by atoms with E-state index in [1.54, 1.807) is 6.07 Å². The Bertz CT molecular complexity index is 518. The van der Waals surface area contributed by atoms with E-state index in [-0.39, 0.29) is 18.5 Å². The van der Waals surface area contributed by atoms with Gasteiger partial charge in [-0.05, 0) is 13.3 Å². The van der Waals surface area contributed by atoms with Gasteiger partial charge >= 0.3 is 11.9 Å². The number of aliphatic carboxylic acids is 1. The molecule has 6 heteroatoms. The van der Waals surface area contributed by atoms with Crippen LogP contribution in [0.25, 0.3) is 0 Å². The quantitative estimate of drug-likeness (QED) is 0.924. The van der Waals surface area contributed by atoms with E-state index in [1.165, 1.54) is 31.2 Å². The van der Waals surface area contributed by atoms with Gasteiger partial charge in [0, 0.05) is 18.2 Å². The van der Waals surface area contributed by atoms with E-state index in [0.717, 1.165) is 4.90 Å². The number of hydrogen-bond donors (Lipinski definition) is 1. The van der Waals surface area contributed by atoms with E-state index in [2.05, 4.69) is 0 Å². The molecule has 108 valence electrons. The van der Waals surface area contributed by atoms with Crippen molar-refractivity contribution in [3.63, 3.8) is 0 Å². The molecule has 1 amide bonds. The van der Waals surface area contributed by atoms with Crippen LogP contribution >= 0.6 is 0 Å². The molecule has 4 nitrogen and oxygen atoms in total. The molecular weight excluding hydrogens is 268 g/mol. The van der Waals surface area contributed by atoms with Crippen LogP contribution in [0.1, 0.15) is 18.9 Å². The molecule has 1 aliphatic heterocycles. The van der Waals surface area contributed by atoms with Gasteiger partial charge in [-0.1, -0.05) is 30.3 Å². The number of carbonyl (C=O) groups is 2. The summed E-state index contributed by atoms with van der Waals surface area (Å²) in [6.07, 6.45) is 0.201. The number of alkyl halides is 2. The lowest BCUT2D eigenvalue weighted by Gasteiger charge is -2.27. The molecule has 0 spiro atoms. The van der Waals surface area contributed by atoms with Crippen LogP contribution in [0.15, 0.2) is 30.3 Å². The first-order chi connectivity index (χ1) is 9.35. The molecule has 1 N–H and O–H groups in total. The van der Waals surface area contributed by atoms with Gasteiger partial charge in [-0.2, -0.15) is 8.78 Å². The number of carbonyl (C=O) groups excluding carboxylic acids is 1. The smallest absolute Gasteiger partial charge is 0.349 e. The Morgan fingerprint density at radius 2 is 1.90 bits per heavy atom. The fraction of sp³-hybridized carbons (Fsp3) is 0.429. The largest absolute Gasteiger partial charge is 0.481 e. The van der Waals surface area contributed by atoms with E-state index < -0.39 is 29.8 Å². The van der Waals surface area contributed by atoms with Crippen LogP contribution < -0.4 is 0 Å². The van der Waals surface area contributed by atoms with Gasteiger partial charge in [0.05, 0.1) is 5.92 Å². The van der Waals surface area contributed by atoms with Crippen molar-refractivity contribution in [3.8, 4) is 0 Å². The van der Waals surface area contributed by atoms with E-state index in [9.17, 15) is 18.4 Å². The van der Waals surface area contributed by atoms with Gasteiger partial charge in [-0.3, -0.25) is 9.59 Å². The third kappa shape index (κ3) is 2.37. The predicted octanol–water partition coefficient (Wildman–Crippen LogP) is 2.10. The maximum Gasteiger partial charge on any atom is 0.349 e. The normalized spacial score (nSPS) is 22.9. The van der Waals surface area contributed by atoms with Crippen LogP contribution in [-0.4, -0.2) is 34.5 Å². The zero-order valence-corrected chi connectivity index (χ0v) is 10.9. The SMILES string of the molecule is CC1C(C(=O)O)CCN1C(=O)C(F)(F)c1ccccc1. The van der Waals surface area contributed by atoms with Gasteiger partial charge in [-0.25, -0.2) is 0 Å². The van der Waals surface area contributed by atoms with Crippen LogP contribution in [-0.2, 0) is 15.5 Å². The Kier molecular flexibility index (Phi) is 3.74. The summed E-state index contributed by atoms with van der Waals surface area (Å²) in [6.45, 7) is 1.53. The van der Waals surface area contributed by atoms with Crippen molar-refractivity contribution >= 4 is 11.9 Å². The molecule has 2 rings (SSSR count). The summed E-state index contributed by atoms with van der Waals surface area (Å²) in [5, 5.41) is 8.98. The third-order valence-corrected chi connectivity index (χ3v) is 3.74. The number of rotatable bonds is 3. The second-order valence-electron chi connectivity index (χ2n) is 4.91. The van der Waals surface area contributed by atoms with Crippen LogP contribution in [0.4, 0.5) is 8.78 Å². The average molecular weight is 283 g/mol. The molecule has 0 saturated carbocycles. The second kappa shape index (κ2) is 5.19. The summed E-state index contributed by atoms with van der Waals surface area (Å²) in [7, 11) is 0. The lowest BCUT2D eigenvalue weighted by atomic mass is 10.0. The molecule has 2 atom stereocenters. The van der Waals surface area contributed by atoms with E-state index in [0.29, 0.717) is 0 Å². The predicted molar refractivity (Wildman–Crippen MR) is 67.3 cm³/mol. The maximum absolute atomic E-state index is 14.2. The Hall–Kier alpha value is -1.98. The fourth-order valence-electron chi connectivity index (χ4n) is 2.51. The highest BCUT2D eigenvalue weighted by atomic mass is 19.3. The highest BCUT2D eigenvalue weighted by Gasteiger charge is 2.49. The number of carboxylic acid groups (broad SMARTS) is 1. The maximum atomic E-state index is 14.2. The minimum absolute atomic E-state index is 0.0411. The molecule has 0 aliphatic carbocycles. The molecule has 1 aliphatic rings. The van der Waals surface area contributed by atoms with Gasteiger partial charge in [0.15, 0.2) is 0 Å². The number of amides is 1. The highest BCUT2D eigenvalue weighted by molar-refractivity contribution is 5.86. The molecular formula is C14H15F2NO3. The standard InChI is InChI=1S/C14H15F2NO3/c1-9-11(12(18)19)7-8-17(9)13(20)14(15,16)10-5-3-2-4-6-10/h2-6,9,11H,7-8H2,1H3,(H,18,19). The van der Waals surface area contributed by atoms with Gasteiger partial charge in [-0.15, -0.1) is 0 Å². The van der Waals surface area contributed by atoms with Crippen LogP contribution in [0.2, 0.25) is 0 Å². The molecule has 1 heterocycles. The molecule has 0 bridgehead atoms. The third-order valence-electron chi connectivity index (χ3n) is 3.74. The Labute approximate surface area is 115 Å². The molecule has 0 aromatic heterocycles. The Morgan fingerprint density at radius 1 is 1.30 bits per heavy atom. The van der Waals surface area contributed by atoms with E-state index in [4.69, 9.17) is 5.11 Å². The molecule has 20 heavy (non-hydrogen) atoms. The van der Waals surface area contributed by atoms with Crippen molar-refractivity contribution in [1.82, 2.24) is 4.90 Å². The Balaban J connectivity index is 2.22. The van der Waals surface area contributed by atoms with Crippen LogP contribution in [0.5, 0.6) is 0 Å². The molecule has 0 radical (unpaired) electrons. The minimum Gasteiger partial charge on any atom is -0.481 e. The molecule has 1 aromatic carbocycles. The topological polar surface area (TPSA) is 57.6 Å². The summed E-state index contributed by atoms with van der Waals surface area (Å²) in [5.74, 6) is -6.82. The number of nitrogens with zero attached hydrogens (tertiary/aromatic N) is 1. The van der Waals surface area contributed by atoms with Gasteiger partial charge < -0.3 is 10.0 Å². The molecule has 1 fully saturated rings.